The maximum atomic E-state index is 4.47. The molecule has 21 heavy (non-hydrogen) atoms. The Morgan fingerprint density at radius 3 is 2.76 bits per heavy atom. The van der Waals surface area contributed by atoms with Gasteiger partial charge in [-0.1, -0.05) is 0 Å². The highest BCUT2D eigenvalue weighted by atomic mass is 32.1. The van der Waals surface area contributed by atoms with Crippen LogP contribution in [0.15, 0.2) is 24.0 Å². The molecule has 0 saturated carbocycles. The van der Waals surface area contributed by atoms with Gasteiger partial charge in [-0.2, -0.15) is 0 Å². The lowest BCUT2D eigenvalue weighted by Crippen LogP contribution is -2.33. The first kappa shape index (κ1) is 14.4. The van der Waals surface area contributed by atoms with E-state index < -0.39 is 0 Å². The van der Waals surface area contributed by atoms with Gasteiger partial charge in [-0.15, -0.1) is 11.3 Å². The van der Waals surface area contributed by atoms with Crippen molar-refractivity contribution in [2.24, 2.45) is 0 Å². The van der Waals surface area contributed by atoms with Gasteiger partial charge in [0.25, 0.3) is 0 Å². The fourth-order valence-electron chi connectivity index (χ4n) is 2.76. The van der Waals surface area contributed by atoms with E-state index in [1.54, 1.807) is 11.3 Å². The van der Waals surface area contributed by atoms with Crippen molar-refractivity contribution in [1.29, 1.82) is 0 Å². The molecule has 3 rings (SSSR count). The molecule has 112 valence electrons. The summed E-state index contributed by atoms with van der Waals surface area (Å²) in [6, 6.07) is 0. The van der Waals surface area contributed by atoms with Crippen molar-refractivity contribution >= 4 is 17.3 Å². The predicted molar refractivity (Wildman–Crippen MR) is 85.7 cm³/mol. The van der Waals surface area contributed by atoms with Gasteiger partial charge >= 0.3 is 0 Å². The van der Waals surface area contributed by atoms with E-state index in [1.165, 1.54) is 23.4 Å². The van der Waals surface area contributed by atoms with Crippen LogP contribution in [0.3, 0.4) is 0 Å². The molecule has 0 bridgehead atoms. The molecule has 0 amide bonds. The molecule has 1 saturated heterocycles. The first-order chi connectivity index (χ1) is 10.2. The molecule has 0 radical (unpaired) electrons. The van der Waals surface area contributed by atoms with Crippen LogP contribution in [0.25, 0.3) is 0 Å². The molecule has 0 N–H and O–H groups in total. The lowest BCUT2D eigenvalue weighted by molar-refractivity contribution is 0.199. The first-order valence-corrected chi connectivity index (χ1v) is 8.20. The molecule has 5 nitrogen and oxygen atoms in total. The maximum Gasteiger partial charge on any atom is 0.224 e. The van der Waals surface area contributed by atoms with Gasteiger partial charge in [-0.05, 0) is 19.4 Å². The van der Waals surface area contributed by atoms with Crippen molar-refractivity contribution in [2.75, 3.05) is 32.1 Å². The molecule has 0 spiro atoms. The predicted octanol–water partition coefficient (Wildman–Crippen LogP) is 2.38. The fraction of sp³-hybridized carbons (Fsp3) is 0.533. The summed E-state index contributed by atoms with van der Waals surface area (Å²) < 4.78 is 0. The number of likely N-dealkylation sites (tertiary alicyclic amines) is 1. The molecule has 1 fully saturated rings. The van der Waals surface area contributed by atoms with Crippen LogP contribution in [-0.4, -0.2) is 47.0 Å². The summed E-state index contributed by atoms with van der Waals surface area (Å²) in [6.07, 6.45) is 8.28. The SMILES string of the molecule is CN(C)c1ncc(CN2CCC[C@H](c3nccs3)C2)cn1. The Balaban J connectivity index is 1.62. The van der Waals surface area contributed by atoms with Gasteiger partial charge in [0.15, 0.2) is 0 Å². The lowest BCUT2D eigenvalue weighted by Gasteiger charge is -2.31. The van der Waals surface area contributed by atoms with Crippen LogP contribution in [0, 0.1) is 0 Å². The zero-order chi connectivity index (χ0) is 14.7. The van der Waals surface area contributed by atoms with Gasteiger partial charge in [-0.3, -0.25) is 4.90 Å². The Kier molecular flexibility index (Phi) is 4.45. The van der Waals surface area contributed by atoms with E-state index in [-0.39, 0.29) is 0 Å². The van der Waals surface area contributed by atoms with Crippen LogP contribution >= 0.6 is 11.3 Å². The summed E-state index contributed by atoms with van der Waals surface area (Å²) in [5.74, 6) is 1.35. The minimum atomic E-state index is 0.584. The molecule has 6 heteroatoms. The Hall–Kier alpha value is -1.53. The molecule has 0 unspecified atom stereocenters. The molecule has 2 aromatic rings. The fourth-order valence-corrected chi connectivity index (χ4v) is 3.52. The molecule has 3 heterocycles. The summed E-state index contributed by atoms with van der Waals surface area (Å²) in [5.41, 5.74) is 1.18. The average Bonchev–Trinajstić information content (AvgIpc) is 3.02. The van der Waals surface area contributed by atoms with Crippen molar-refractivity contribution in [1.82, 2.24) is 19.9 Å². The number of thiazole rings is 1. The standard InChI is InChI=1S/C15H21N5S/c1-19(2)15-17-8-12(9-18-15)10-20-6-3-4-13(11-20)14-16-5-7-21-14/h5,7-9,13H,3-4,6,10-11H2,1-2H3/t13-/m0/s1. The van der Waals surface area contributed by atoms with Crippen molar-refractivity contribution in [3.63, 3.8) is 0 Å². The molecule has 1 aliphatic rings. The van der Waals surface area contributed by atoms with Crippen molar-refractivity contribution in [3.05, 3.63) is 34.5 Å². The molecular weight excluding hydrogens is 282 g/mol. The number of hydrogen-bond donors (Lipinski definition) is 0. The van der Waals surface area contributed by atoms with Crippen LogP contribution in [-0.2, 0) is 6.54 Å². The van der Waals surface area contributed by atoms with E-state index in [2.05, 4.69) is 25.2 Å². The second-order valence-corrected chi connectivity index (χ2v) is 6.66. The van der Waals surface area contributed by atoms with Gasteiger partial charge in [0, 0.05) is 62.6 Å². The van der Waals surface area contributed by atoms with E-state index in [0.717, 1.165) is 25.6 Å². The number of hydrogen-bond acceptors (Lipinski definition) is 6. The highest BCUT2D eigenvalue weighted by Crippen LogP contribution is 2.28. The first-order valence-electron chi connectivity index (χ1n) is 7.32. The summed E-state index contributed by atoms with van der Waals surface area (Å²) in [4.78, 5) is 17.7. The van der Waals surface area contributed by atoms with Crippen molar-refractivity contribution in [3.8, 4) is 0 Å². The van der Waals surface area contributed by atoms with Crippen LogP contribution in [0.1, 0.15) is 29.3 Å². The van der Waals surface area contributed by atoms with E-state index in [9.17, 15) is 0 Å². The monoisotopic (exact) mass is 303 g/mol. The summed E-state index contributed by atoms with van der Waals surface area (Å²) in [5, 5.41) is 3.35. The Morgan fingerprint density at radius 1 is 1.29 bits per heavy atom. The average molecular weight is 303 g/mol. The number of anilines is 1. The summed E-state index contributed by atoms with van der Waals surface area (Å²) in [6.45, 7) is 3.16. The highest BCUT2D eigenvalue weighted by Gasteiger charge is 2.23. The Morgan fingerprint density at radius 2 is 2.10 bits per heavy atom. The van der Waals surface area contributed by atoms with E-state index >= 15 is 0 Å². The van der Waals surface area contributed by atoms with Gasteiger partial charge in [0.2, 0.25) is 5.95 Å². The third kappa shape index (κ3) is 3.57. The lowest BCUT2D eigenvalue weighted by atomic mass is 9.98. The second kappa shape index (κ2) is 6.49. The number of piperidine rings is 1. The quantitative estimate of drug-likeness (QED) is 0.868. The molecule has 0 aliphatic carbocycles. The van der Waals surface area contributed by atoms with Crippen molar-refractivity contribution in [2.45, 2.75) is 25.3 Å². The Bertz CT molecular complexity index is 552. The van der Waals surface area contributed by atoms with Crippen molar-refractivity contribution < 1.29 is 0 Å². The van der Waals surface area contributed by atoms with Crippen LogP contribution in [0.4, 0.5) is 5.95 Å². The van der Waals surface area contributed by atoms with Gasteiger partial charge in [0.05, 0.1) is 5.01 Å². The van der Waals surface area contributed by atoms with Gasteiger partial charge < -0.3 is 4.90 Å². The van der Waals surface area contributed by atoms with E-state index in [4.69, 9.17) is 0 Å². The normalized spacial score (nSPS) is 19.6. The van der Waals surface area contributed by atoms with E-state index in [0.29, 0.717) is 5.92 Å². The summed E-state index contributed by atoms with van der Waals surface area (Å²) in [7, 11) is 3.91. The van der Waals surface area contributed by atoms with Crippen LogP contribution in [0.2, 0.25) is 0 Å². The third-order valence-corrected chi connectivity index (χ3v) is 4.74. The summed E-state index contributed by atoms with van der Waals surface area (Å²) >= 11 is 1.77. The smallest absolute Gasteiger partial charge is 0.224 e. The molecule has 1 aliphatic heterocycles. The number of nitrogens with zero attached hydrogens (tertiary/aromatic N) is 5. The molecular formula is C15H21N5S. The minimum Gasteiger partial charge on any atom is -0.347 e. The highest BCUT2D eigenvalue weighted by molar-refractivity contribution is 7.09. The third-order valence-electron chi connectivity index (χ3n) is 3.80. The largest absolute Gasteiger partial charge is 0.347 e. The minimum absolute atomic E-state index is 0.584. The van der Waals surface area contributed by atoms with Gasteiger partial charge in [-0.25, -0.2) is 15.0 Å². The second-order valence-electron chi connectivity index (χ2n) is 5.73. The maximum absolute atomic E-state index is 4.47. The Labute approximate surface area is 129 Å². The molecule has 2 aromatic heterocycles. The zero-order valence-corrected chi connectivity index (χ0v) is 13.4. The molecule has 0 aromatic carbocycles. The van der Waals surface area contributed by atoms with Crippen LogP contribution in [0.5, 0.6) is 0 Å². The van der Waals surface area contributed by atoms with Crippen LogP contribution < -0.4 is 4.90 Å². The topological polar surface area (TPSA) is 45.2 Å². The molecule has 1 atom stereocenters. The number of rotatable bonds is 4. The number of aromatic nitrogens is 3. The van der Waals surface area contributed by atoms with E-state index in [1.807, 2.05) is 37.6 Å². The van der Waals surface area contributed by atoms with Gasteiger partial charge in [0.1, 0.15) is 0 Å². The zero-order valence-electron chi connectivity index (χ0n) is 12.6.